The zero-order valence-electron chi connectivity index (χ0n) is 15.5. The van der Waals surface area contributed by atoms with Gasteiger partial charge in [0, 0.05) is 31.9 Å². The fraction of sp³-hybridized carbons (Fsp3) is 0.632. The van der Waals surface area contributed by atoms with E-state index in [4.69, 9.17) is 9.47 Å². The molecule has 0 bridgehead atoms. The fourth-order valence-electron chi connectivity index (χ4n) is 3.21. The van der Waals surface area contributed by atoms with E-state index < -0.39 is 0 Å². The molecule has 1 aromatic carbocycles. The van der Waals surface area contributed by atoms with Gasteiger partial charge in [-0.05, 0) is 51.5 Å². The predicted octanol–water partition coefficient (Wildman–Crippen LogP) is 2.94. The molecule has 2 rings (SSSR count). The Labute approximate surface area is 145 Å². The van der Waals surface area contributed by atoms with Crippen LogP contribution in [-0.4, -0.2) is 55.8 Å². The van der Waals surface area contributed by atoms with E-state index in [1.54, 1.807) is 7.11 Å². The molecule has 1 aliphatic rings. The lowest BCUT2D eigenvalue weighted by molar-refractivity contribution is -0.144. The Morgan fingerprint density at radius 3 is 2.46 bits per heavy atom. The second kappa shape index (κ2) is 7.88. The number of ether oxygens (including phenoxy) is 2. The van der Waals surface area contributed by atoms with Crippen molar-refractivity contribution in [1.82, 2.24) is 4.90 Å². The number of hydrogen-bond acceptors (Lipinski definition) is 4. The summed E-state index contributed by atoms with van der Waals surface area (Å²) in [5.41, 5.74) is 1.02. The van der Waals surface area contributed by atoms with Crippen molar-refractivity contribution in [2.24, 2.45) is 0 Å². The van der Waals surface area contributed by atoms with Crippen LogP contribution in [0.15, 0.2) is 24.3 Å². The van der Waals surface area contributed by atoms with Crippen molar-refractivity contribution in [2.45, 2.75) is 45.8 Å². The number of methoxy groups -OCH3 is 1. The van der Waals surface area contributed by atoms with Crippen LogP contribution in [0.2, 0.25) is 0 Å². The molecule has 1 aliphatic heterocycles. The number of piperazine rings is 1. The first-order valence-electron chi connectivity index (χ1n) is 8.71. The van der Waals surface area contributed by atoms with E-state index in [1.165, 1.54) is 0 Å². The van der Waals surface area contributed by atoms with Crippen molar-refractivity contribution < 1.29 is 14.3 Å². The van der Waals surface area contributed by atoms with E-state index in [0.717, 1.165) is 24.4 Å². The molecule has 0 aliphatic carbocycles. The molecule has 24 heavy (non-hydrogen) atoms. The van der Waals surface area contributed by atoms with Crippen LogP contribution in [0, 0.1) is 0 Å². The van der Waals surface area contributed by atoms with E-state index in [2.05, 4.69) is 30.9 Å². The van der Waals surface area contributed by atoms with Crippen molar-refractivity contribution in [1.29, 1.82) is 0 Å². The first-order chi connectivity index (χ1) is 11.4. The molecule has 0 spiro atoms. The van der Waals surface area contributed by atoms with Crippen molar-refractivity contribution in [2.75, 3.05) is 38.3 Å². The Hall–Kier alpha value is -1.75. The average molecular weight is 334 g/mol. The molecule has 1 atom stereocenters. The van der Waals surface area contributed by atoms with Gasteiger partial charge in [0.2, 0.25) is 0 Å². The molecular weight excluding hydrogens is 304 g/mol. The Morgan fingerprint density at radius 1 is 1.25 bits per heavy atom. The van der Waals surface area contributed by atoms with E-state index in [0.29, 0.717) is 19.7 Å². The summed E-state index contributed by atoms with van der Waals surface area (Å²) >= 11 is 0. The standard InChI is InChI=1S/C19H30N2O3/c1-6-13-24-15(2)18(22)20-11-12-21(19(3,4)14-20)16-7-9-17(23-5)10-8-16/h7-10,15H,6,11-14H2,1-5H3. The van der Waals surface area contributed by atoms with Gasteiger partial charge >= 0.3 is 0 Å². The van der Waals surface area contributed by atoms with Crippen molar-refractivity contribution in [3.05, 3.63) is 24.3 Å². The molecule has 0 aromatic heterocycles. The van der Waals surface area contributed by atoms with Gasteiger partial charge in [0.1, 0.15) is 11.9 Å². The highest BCUT2D eigenvalue weighted by atomic mass is 16.5. The molecule has 0 radical (unpaired) electrons. The highest BCUT2D eigenvalue weighted by Gasteiger charge is 2.36. The molecule has 5 heteroatoms. The average Bonchev–Trinajstić information content (AvgIpc) is 2.58. The van der Waals surface area contributed by atoms with E-state index >= 15 is 0 Å². The maximum absolute atomic E-state index is 12.6. The van der Waals surface area contributed by atoms with E-state index in [9.17, 15) is 4.79 Å². The zero-order valence-corrected chi connectivity index (χ0v) is 15.5. The molecule has 1 aromatic rings. The minimum absolute atomic E-state index is 0.0888. The second-order valence-corrected chi connectivity index (χ2v) is 6.93. The summed E-state index contributed by atoms with van der Waals surface area (Å²) in [7, 11) is 1.67. The number of nitrogens with zero attached hydrogens (tertiary/aromatic N) is 2. The van der Waals surface area contributed by atoms with Crippen LogP contribution in [0.25, 0.3) is 0 Å². The number of benzene rings is 1. The predicted molar refractivity (Wildman–Crippen MR) is 96.7 cm³/mol. The summed E-state index contributed by atoms with van der Waals surface area (Å²) in [4.78, 5) is 16.9. The summed E-state index contributed by atoms with van der Waals surface area (Å²) in [6, 6.07) is 8.10. The summed E-state index contributed by atoms with van der Waals surface area (Å²) in [5.74, 6) is 0.943. The van der Waals surface area contributed by atoms with Gasteiger partial charge < -0.3 is 19.3 Å². The molecule has 1 amide bonds. The number of carbonyl (C=O) groups is 1. The summed E-state index contributed by atoms with van der Waals surface area (Å²) in [5, 5.41) is 0. The number of hydrogen-bond donors (Lipinski definition) is 0. The first kappa shape index (κ1) is 18.6. The zero-order chi connectivity index (χ0) is 17.7. The van der Waals surface area contributed by atoms with Gasteiger partial charge in [-0.15, -0.1) is 0 Å². The third kappa shape index (κ3) is 4.20. The van der Waals surface area contributed by atoms with Crippen molar-refractivity contribution in [3.8, 4) is 5.75 Å². The Morgan fingerprint density at radius 2 is 1.92 bits per heavy atom. The number of rotatable bonds is 6. The molecule has 1 saturated heterocycles. The number of carbonyl (C=O) groups excluding carboxylic acids is 1. The monoisotopic (exact) mass is 334 g/mol. The molecule has 0 saturated carbocycles. The van der Waals surface area contributed by atoms with Gasteiger partial charge in [-0.25, -0.2) is 0 Å². The van der Waals surface area contributed by atoms with Crippen LogP contribution in [-0.2, 0) is 9.53 Å². The SMILES string of the molecule is CCCOC(C)C(=O)N1CCN(c2ccc(OC)cc2)C(C)(C)C1. The second-order valence-electron chi connectivity index (χ2n) is 6.93. The molecule has 1 unspecified atom stereocenters. The largest absolute Gasteiger partial charge is 0.497 e. The Kier molecular flexibility index (Phi) is 6.10. The normalized spacial score (nSPS) is 18.4. The smallest absolute Gasteiger partial charge is 0.251 e. The molecule has 1 heterocycles. The van der Waals surface area contributed by atoms with Crippen molar-refractivity contribution in [3.63, 3.8) is 0 Å². The minimum Gasteiger partial charge on any atom is -0.497 e. The molecular formula is C19H30N2O3. The molecule has 134 valence electrons. The van der Waals surface area contributed by atoms with Crippen LogP contribution < -0.4 is 9.64 Å². The third-order valence-corrected chi connectivity index (χ3v) is 4.52. The Balaban J connectivity index is 2.04. The number of anilines is 1. The minimum atomic E-state index is -0.367. The summed E-state index contributed by atoms with van der Waals surface area (Å²) < 4.78 is 10.8. The topological polar surface area (TPSA) is 42.0 Å². The highest BCUT2D eigenvalue weighted by molar-refractivity contribution is 5.81. The lowest BCUT2D eigenvalue weighted by atomic mass is 9.97. The quantitative estimate of drug-likeness (QED) is 0.802. The van der Waals surface area contributed by atoms with E-state index in [1.807, 2.05) is 30.9 Å². The maximum Gasteiger partial charge on any atom is 0.251 e. The molecule has 0 N–H and O–H groups in total. The Bertz CT molecular complexity index is 542. The lowest BCUT2D eigenvalue weighted by Crippen LogP contribution is -2.61. The van der Waals surface area contributed by atoms with Crippen LogP contribution in [0.3, 0.4) is 0 Å². The molecule has 5 nitrogen and oxygen atoms in total. The van der Waals surface area contributed by atoms with Gasteiger partial charge in [-0.1, -0.05) is 6.92 Å². The van der Waals surface area contributed by atoms with Crippen LogP contribution in [0.5, 0.6) is 5.75 Å². The summed E-state index contributed by atoms with van der Waals surface area (Å²) in [6.45, 7) is 11.1. The van der Waals surface area contributed by atoms with Gasteiger partial charge in [0.25, 0.3) is 5.91 Å². The highest BCUT2D eigenvalue weighted by Crippen LogP contribution is 2.29. The first-order valence-corrected chi connectivity index (χ1v) is 8.71. The van der Waals surface area contributed by atoms with Gasteiger partial charge in [0.05, 0.1) is 12.6 Å². The summed E-state index contributed by atoms with van der Waals surface area (Å²) in [6.07, 6.45) is 0.558. The van der Waals surface area contributed by atoms with E-state index in [-0.39, 0.29) is 17.6 Å². The lowest BCUT2D eigenvalue weighted by Gasteiger charge is -2.49. The maximum atomic E-state index is 12.6. The molecule has 1 fully saturated rings. The fourth-order valence-corrected chi connectivity index (χ4v) is 3.21. The van der Waals surface area contributed by atoms with Gasteiger partial charge in [-0.2, -0.15) is 0 Å². The van der Waals surface area contributed by atoms with Crippen LogP contribution >= 0.6 is 0 Å². The third-order valence-electron chi connectivity index (χ3n) is 4.52. The van der Waals surface area contributed by atoms with Crippen molar-refractivity contribution >= 4 is 11.6 Å². The van der Waals surface area contributed by atoms with Gasteiger partial charge in [-0.3, -0.25) is 4.79 Å². The van der Waals surface area contributed by atoms with Crippen LogP contribution in [0.1, 0.15) is 34.1 Å². The number of amides is 1. The van der Waals surface area contributed by atoms with Gasteiger partial charge in [0.15, 0.2) is 0 Å². The van der Waals surface area contributed by atoms with Crippen LogP contribution in [0.4, 0.5) is 5.69 Å².